The van der Waals surface area contributed by atoms with Crippen molar-refractivity contribution in [1.29, 1.82) is 0 Å². The molecule has 0 saturated heterocycles. The number of hydrogen-bond donors (Lipinski definition) is 0. The molecule has 1 unspecified atom stereocenters. The van der Waals surface area contributed by atoms with E-state index in [0.717, 1.165) is 0 Å². The molecule has 0 rings (SSSR count). The zero-order valence-electron chi connectivity index (χ0n) is 8.02. The minimum absolute atomic E-state index is 0.506. The van der Waals surface area contributed by atoms with Crippen molar-refractivity contribution < 1.29 is 0 Å². The fourth-order valence-corrected chi connectivity index (χ4v) is 0.781. The lowest BCUT2D eigenvalue weighted by Gasteiger charge is -2.10. The van der Waals surface area contributed by atoms with Crippen LogP contribution in [0.2, 0.25) is 0 Å². The van der Waals surface area contributed by atoms with Gasteiger partial charge in [-0.05, 0) is 26.7 Å². The zero-order valence-corrected chi connectivity index (χ0v) is 8.02. The average Bonchev–Trinajstić information content (AvgIpc) is 1.98. The summed E-state index contributed by atoms with van der Waals surface area (Å²) < 4.78 is 0. The second-order valence-corrected chi connectivity index (χ2v) is 3.00. The third-order valence-corrected chi connectivity index (χ3v) is 1.97. The van der Waals surface area contributed by atoms with E-state index in [9.17, 15) is 0 Å². The van der Waals surface area contributed by atoms with Crippen molar-refractivity contribution in [1.82, 2.24) is 0 Å². The first kappa shape index (κ1) is 10.2. The molecule has 0 nitrogen and oxygen atoms in total. The van der Waals surface area contributed by atoms with Gasteiger partial charge < -0.3 is 0 Å². The highest BCUT2D eigenvalue weighted by Gasteiger charge is 2.02. The Bertz CT molecular complexity index is 182. The lowest BCUT2D eigenvalue weighted by molar-refractivity contribution is 0.804. The van der Waals surface area contributed by atoms with Crippen LogP contribution in [-0.2, 0) is 0 Å². The number of allylic oxidation sites excluding steroid dienone is 5. The lowest BCUT2D eigenvalue weighted by Crippen LogP contribution is -1.95. The molecule has 11 heavy (non-hydrogen) atoms. The molecule has 0 bridgehead atoms. The van der Waals surface area contributed by atoms with E-state index in [0.29, 0.717) is 5.92 Å². The summed E-state index contributed by atoms with van der Waals surface area (Å²) in [6, 6.07) is 0. The predicted octanol–water partition coefficient (Wildman–Crippen LogP) is 3.72. The molecule has 62 valence electrons. The number of hydrogen-bond acceptors (Lipinski definition) is 0. The molecule has 0 heteroatoms. The summed E-state index contributed by atoms with van der Waals surface area (Å²) in [5.74, 6) is 0.506. The van der Waals surface area contributed by atoms with E-state index in [4.69, 9.17) is 0 Å². The third-order valence-electron chi connectivity index (χ3n) is 1.97. The maximum absolute atomic E-state index is 3.92. The first-order chi connectivity index (χ1) is 5.09. The van der Waals surface area contributed by atoms with Crippen molar-refractivity contribution in [3.05, 3.63) is 36.0 Å². The molecule has 0 N–H and O–H groups in total. The minimum atomic E-state index is 0.506. The summed E-state index contributed by atoms with van der Waals surface area (Å²) in [5.41, 5.74) is 2.60. The van der Waals surface area contributed by atoms with Crippen molar-refractivity contribution in [3.63, 3.8) is 0 Å². The van der Waals surface area contributed by atoms with Crippen molar-refractivity contribution in [2.75, 3.05) is 0 Å². The van der Waals surface area contributed by atoms with Gasteiger partial charge in [0.05, 0.1) is 0 Å². The average molecular weight is 150 g/mol. The molecule has 1 atom stereocenters. The van der Waals surface area contributed by atoms with Gasteiger partial charge >= 0.3 is 0 Å². The normalized spacial score (nSPS) is 15.5. The molecular formula is C11H18. The topological polar surface area (TPSA) is 0 Å². The number of rotatable bonds is 3. The summed E-state index contributed by atoms with van der Waals surface area (Å²) in [6.45, 7) is 12.3. The van der Waals surface area contributed by atoms with Crippen molar-refractivity contribution in [2.24, 2.45) is 5.92 Å². The third kappa shape index (κ3) is 3.82. The molecule has 0 aliphatic carbocycles. The molecule has 0 aromatic heterocycles. The highest BCUT2D eigenvalue weighted by molar-refractivity contribution is 5.19. The van der Waals surface area contributed by atoms with Crippen LogP contribution in [0.3, 0.4) is 0 Å². The maximum atomic E-state index is 3.92. The van der Waals surface area contributed by atoms with Gasteiger partial charge in [-0.3, -0.25) is 0 Å². The van der Waals surface area contributed by atoms with Crippen LogP contribution >= 0.6 is 0 Å². The molecule has 0 aliphatic rings. The Labute approximate surface area is 70.3 Å². The van der Waals surface area contributed by atoms with Crippen molar-refractivity contribution >= 4 is 0 Å². The predicted molar refractivity (Wildman–Crippen MR) is 52.5 cm³/mol. The van der Waals surface area contributed by atoms with Gasteiger partial charge in [0.2, 0.25) is 0 Å². The molecule has 0 aromatic rings. The molecule has 0 saturated carbocycles. The van der Waals surface area contributed by atoms with E-state index in [2.05, 4.69) is 39.5 Å². The van der Waals surface area contributed by atoms with E-state index in [1.165, 1.54) is 11.1 Å². The highest BCUT2D eigenvalue weighted by Crippen LogP contribution is 2.16. The monoisotopic (exact) mass is 150 g/mol. The molecule has 0 radical (unpaired) electrons. The summed E-state index contributed by atoms with van der Waals surface area (Å²) in [4.78, 5) is 0. The van der Waals surface area contributed by atoms with E-state index >= 15 is 0 Å². The SMILES string of the molecule is C=C(C)C(C)/C(C)=C/C=C\C. The van der Waals surface area contributed by atoms with Crippen LogP contribution < -0.4 is 0 Å². The molecule has 0 heterocycles. The van der Waals surface area contributed by atoms with Crippen molar-refractivity contribution in [3.8, 4) is 0 Å². The molecular weight excluding hydrogens is 132 g/mol. The quantitative estimate of drug-likeness (QED) is 0.425. The van der Waals surface area contributed by atoms with Gasteiger partial charge in [-0.15, -0.1) is 0 Å². The summed E-state index contributed by atoms with van der Waals surface area (Å²) in [5, 5.41) is 0. The molecule has 0 aromatic carbocycles. The second-order valence-electron chi connectivity index (χ2n) is 3.00. The van der Waals surface area contributed by atoms with Crippen molar-refractivity contribution in [2.45, 2.75) is 27.7 Å². The van der Waals surface area contributed by atoms with Crippen LogP contribution in [0.25, 0.3) is 0 Å². The van der Waals surface area contributed by atoms with E-state index in [-0.39, 0.29) is 0 Å². The van der Waals surface area contributed by atoms with Crippen LogP contribution in [0.1, 0.15) is 27.7 Å². The van der Waals surface area contributed by atoms with Gasteiger partial charge in [-0.25, -0.2) is 0 Å². The fraction of sp³-hybridized carbons (Fsp3) is 0.455. The van der Waals surface area contributed by atoms with Crippen LogP contribution in [0.15, 0.2) is 36.0 Å². The standard InChI is InChI=1S/C11H18/c1-6-7-8-10(4)11(5)9(2)3/h6-8,11H,2H2,1,3-5H3/b7-6-,10-8+. The van der Waals surface area contributed by atoms with E-state index in [1.807, 2.05) is 13.0 Å². The van der Waals surface area contributed by atoms with Gasteiger partial charge in [0, 0.05) is 0 Å². The largest absolute Gasteiger partial charge is 0.0995 e. The Morgan fingerprint density at radius 3 is 2.27 bits per heavy atom. The minimum Gasteiger partial charge on any atom is -0.0995 e. The summed E-state index contributed by atoms with van der Waals surface area (Å²) in [7, 11) is 0. The first-order valence-electron chi connectivity index (χ1n) is 4.04. The zero-order chi connectivity index (χ0) is 8.85. The maximum Gasteiger partial charge on any atom is -0.00265 e. The van der Waals surface area contributed by atoms with Crippen LogP contribution in [0.4, 0.5) is 0 Å². The lowest BCUT2D eigenvalue weighted by atomic mass is 9.96. The summed E-state index contributed by atoms with van der Waals surface area (Å²) >= 11 is 0. The van der Waals surface area contributed by atoms with E-state index in [1.54, 1.807) is 0 Å². The van der Waals surface area contributed by atoms with Gasteiger partial charge in [-0.2, -0.15) is 0 Å². The Kier molecular flexibility index (Phi) is 4.60. The van der Waals surface area contributed by atoms with Crippen LogP contribution in [-0.4, -0.2) is 0 Å². The van der Waals surface area contributed by atoms with E-state index < -0.39 is 0 Å². The Balaban J connectivity index is 4.22. The van der Waals surface area contributed by atoms with Gasteiger partial charge in [0.25, 0.3) is 0 Å². The Morgan fingerprint density at radius 1 is 1.36 bits per heavy atom. The molecule has 0 spiro atoms. The van der Waals surface area contributed by atoms with Gasteiger partial charge in [0.15, 0.2) is 0 Å². The van der Waals surface area contributed by atoms with Gasteiger partial charge in [0.1, 0.15) is 0 Å². The molecule has 0 amide bonds. The molecule has 0 fully saturated rings. The highest BCUT2D eigenvalue weighted by atomic mass is 14.1. The molecule has 0 aliphatic heterocycles. The Hall–Kier alpha value is -0.780. The second kappa shape index (κ2) is 4.95. The first-order valence-corrected chi connectivity index (χ1v) is 4.04. The van der Waals surface area contributed by atoms with Gasteiger partial charge in [-0.1, -0.05) is 42.9 Å². The smallest absolute Gasteiger partial charge is 0.00265 e. The fourth-order valence-electron chi connectivity index (χ4n) is 0.781. The van der Waals surface area contributed by atoms with Crippen LogP contribution in [0, 0.1) is 5.92 Å². The summed E-state index contributed by atoms with van der Waals surface area (Å²) in [6.07, 6.45) is 6.24. The Morgan fingerprint density at radius 2 is 1.91 bits per heavy atom. The van der Waals surface area contributed by atoms with Crippen LogP contribution in [0.5, 0.6) is 0 Å².